The lowest BCUT2D eigenvalue weighted by Crippen LogP contribution is -2.11. The summed E-state index contributed by atoms with van der Waals surface area (Å²) in [6.07, 6.45) is 1.70. The highest BCUT2D eigenvalue weighted by Crippen LogP contribution is 2.18. The smallest absolute Gasteiger partial charge is 0.129 e. The number of hydrogen-bond donors (Lipinski definition) is 3. The number of hydrogen-bond acceptors (Lipinski definition) is 4. The zero-order valence-electron chi connectivity index (χ0n) is 7.98. The van der Waals surface area contributed by atoms with E-state index in [4.69, 9.17) is 21.0 Å². The molecular weight excluding hydrogens is 204 g/mol. The molecule has 5 N–H and O–H groups in total. The molecule has 0 bridgehead atoms. The molecule has 82 valence electrons. The molecule has 0 amide bonds. The lowest BCUT2D eigenvalue weighted by molar-refractivity contribution is 0.241. The molecule has 0 radical (unpaired) electrons. The minimum atomic E-state index is -0.108. The molecule has 0 spiro atoms. The number of aliphatic hydroxyl groups is 1. The van der Waals surface area contributed by atoms with Crippen LogP contribution in [0.5, 0.6) is 0 Å². The summed E-state index contributed by atoms with van der Waals surface area (Å²) in [6.45, 7) is 0.560. The maximum absolute atomic E-state index is 8.75. The van der Waals surface area contributed by atoms with Crippen LogP contribution in [0.1, 0.15) is 30.4 Å². The molecule has 1 atom stereocenters. The molecule has 1 aromatic heterocycles. The largest absolute Gasteiger partial charge is 0.462 e. The summed E-state index contributed by atoms with van der Waals surface area (Å²) >= 11 is 0. The SMILES string of the molecule is Cl.NCCC[C@H](N)c1ccc(CO)o1. The van der Waals surface area contributed by atoms with Crippen LogP contribution in [0, 0.1) is 0 Å². The van der Waals surface area contributed by atoms with E-state index >= 15 is 0 Å². The third kappa shape index (κ3) is 3.67. The van der Waals surface area contributed by atoms with Gasteiger partial charge in [-0.05, 0) is 31.5 Å². The molecular formula is C9H17ClN2O2. The van der Waals surface area contributed by atoms with Gasteiger partial charge in [0.2, 0.25) is 0 Å². The van der Waals surface area contributed by atoms with Crippen molar-refractivity contribution in [2.75, 3.05) is 6.54 Å². The summed E-state index contributed by atoms with van der Waals surface area (Å²) in [5.41, 5.74) is 11.2. The van der Waals surface area contributed by atoms with Crippen LogP contribution >= 0.6 is 12.4 Å². The summed E-state index contributed by atoms with van der Waals surface area (Å²) in [7, 11) is 0. The van der Waals surface area contributed by atoms with Crippen molar-refractivity contribution in [1.29, 1.82) is 0 Å². The maximum Gasteiger partial charge on any atom is 0.129 e. The van der Waals surface area contributed by atoms with Crippen molar-refractivity contribution < 1.29 is 9.52 Å². The molecule has 5 heteroatoms. The van der Waals surface area contributed by atoms with E-state index in [0.29, 0.717) is 12.3 Å². The Morgan fingerprint density at radius 1 is 1.43 bits per heavy atom. The monoisotopic (exact) mass is 220 g/mol. The van der Waals surface area contributed by atoms with Crippen molar-refractivity contribution >= 4 is 12.4 Å². The summed E-state index contributed by atoms with van der Waals surface area (Å²) in [5, 5.41) is 8.75. The van der Waals surface area contributed by atoms with Gasteiger partial charge >= 0.3 is 0 Å². The highest BCUT2D eigenvalue weighted by molar-refractivity contribution is 5.85. The topological polar surface area (TPSA) is 85.4 Å². The summed E-state index contributed by atoms with van der Waals surface area (Å²) in [6, 6.07) is 3.42. The predicted molar refractivity (Wildman–Crippen MR) is 57.1 cm³/mol. The molecule has 0 unspecified atom stereocenters. The molecule has 14 heavy (non-hydrogen) atoms. The van der Waals surface area contributed by atoms with Gasteiger partial charge in [-0.1, -0.05) is 0 Å². The van der Waals surface area contributed by atoms with Crippen molar-refractivity contribution in [3.63, 3.8) is 0 Å². The maximum atomic E-state index is 8.75. The van der Waals surface area contributed by atoms with Gasteiger partial charge in [0.25, 0.3) is 0 Å². The van der Waals surface area contributed by atoms with Crippen molar-refractivity contribution in [2.45, 2.75) is 25.5 Å². The van der Waals surface area contributed by atoms with Gasteiger partial charge in [-0.2, -0.15) is 0 Å². The van der Waals surface area contributed by atoms with Crippen LogP contribution in [0.25, 0.3) is 0 Å². The van der Waals surface area contributed by atoms with Gasteiger partial charge in [0.05, 0.1) is 6.04 Å². The molecule has 4 nitrogen and oxygen atoms in total. The van der Waals surface area contributed by atoms with Crippen molar-refractivity contribution in [3.8, 4) is 0 Å². The number of furan rings is 1. The van der Waals surface area contributed by atoms with Gasteiger partial charge in [-0.15, -0.1) is 12.4 Å². The van der Waals surface area contributed by atoms with E-state index in [1.54, 1.807) is 12.1 Å². The molecule has 0 saturated heterocycles. The Bertz CT molecular complexity index is 253. The van der Waals surface area contributed by atoms with E-state index in [1.165, 1.54) is 0 Å². The first kappa shape index (κ1) is 13.4. The fourth-order valence-corrected chi connectivity index (χ4v) is 1.16. The molecule has 0 aliphatic rings. The zero-order chi connectivity index (χ0) is 9.68. The summed E-state index contributed by atoms with van der Waals surface area (Å²) in [5.74, 6) is 1.27. The molecule has 0 fully saturated rings. The van der Waals surface area contributed by atoms with E-state index in [2.05, 4.69) is 0 Å². The molecule has 0 aliphatic heterocycles. The van der Waals surface area contributed by atoms with Crippen molar-refractivity contribution in [1.82, 2.24) is 0 Å². The van der Waals surface area contributed by atoms with Crippen LogP contribution in [0.15, 0.2) is 16.5 Å². The summed E-state index contributed by atoms with van der Waals surface area (Å²) < 4.78 is 5.28. The molecule has 0 aromatic carbocycles. The minimum absolute atomic E-state index is 0. The van der Waals surface area contributed by atoms with Crippen molar-refractivity contribution in [3.05, 3.63) is 23.7 Å². The second-order valence-corrected chi connectivity index (χ2v) is 3.00. The van der Waals surface area contributed by atoms with Gasteiger partial charge in [-0.25, -0.2) is 0 Å². The first-order valence-corrected chi connectivity index (χ1v) is 4.43. The number of aliphatic hydroxyl groups excluding tert-OH is 1. The van der Waals surface area contributed by atoms with Crippen LogP contribution < -0.4 is 11.5 Å². The molecule has 0 saturated carbocycles. The van der Waals surface area contributed by atoms with Crippen LogP contribution in [0.3, 0.4) is 0 Å². The van der Waals surface area contributed by atoms with Gasteiger partial charge < -0.3 is 21.0 Å². The average Bonchev–Trinajstić information content (AvgIpc) is 2.62. The van der Waals surface area contributed by atoms with E-state index in [0.717, 1.165) is 18.6 Å². The number of nitrogens with two attached hydrogens (primary N) is 2. The molecule has 1 aromatic rings. The van der Waals surface area contributed by atoms with Crippen LogP contribution in [0.4, 0.5) is 0 Å². The Morgan fingerprint density at radius 3 is 2.64 bits per heavy atom. The fraction of sp³-hybridized carbons (Fsp3) is 0.556. The zero-order valence-corrected chi connectivity index (χ0v) is 8.80. The number of rotatable bonds is 5. The van der Waals surface area contributed by atoms with Gasteiger partial charge in [0.15, 0.2) is 0 Å². The second-order valence-electron chi connectivity index (χ2n) is 3.00. The lowest BCUT2D eigenvalue weighted by atomic mass is 10.1. The highest BCUT2D eigenvalue weighted by Gasteiger charge is 2.09. The molecule has 1 heterocycles. The quantitative estimate of drug-likeness (QED) is 0.689. The molecule has 0 aliphatic carbocycles. The van der Waals surface area contributed by atoms with E-state index in [-0.39, 0.29) is 25.1 Å². The third-order valence-electron chi connectivity index (χ3n) is 1.92. The number of halogens is 1. The first-order chi connectivity index (χ1) is 6.27. The van der Waals surface area contributed by atoms with E-state index in [1.807, 2.05) is 0 Å². The van der Waals surface area contributed by atoms with Crippen molar-refractivity contribution in [2.24, 2.45) is 11.5 Å². The summed E-state index contributed by atoms with van der Waals surface area (Å²) in [4.78, 5) is 0. The second kappa shape index (κ2) is 6.84. The average molecular weight is 221 g/mol. The van der Waals surface area contributed by atoms with Gasteiger partial charge in [0.1, 0.15) is 18.1 Å². The Hall–Kier alpha value is -0.550. The Morgan fingerprint density at radius 2 is 2.14 bits per heavy atom. The van der Waals surface area contributed by atoms with Gasteiger partial charge in [-0.3, -0.25) is 0 Å². The third-order valence-corrected chi connectivity index (χ3v) is 1.92. The van der Waals surface area contributed by atoms with E-state index in [9.17, 15) is 0 Å². The minimum Gasteiger partial charge on any atom is -0.462 e. The Labute approximate surface area is 89.7 Å². The fourth-order valence-electron chi connectivity index (χ4n) is 1.16. The predicted octanol–water partition coefficient (Wildman–Crippen LogP) is 0.932. The van der Waals surface area contributed by atoms with Crippen LogP contribution in [0.2, 0.25) is 0 Å². The Kier molecular flexibility index (Phi) is 6.57. The standard InChI is InChI=1S/C9H16N2O2.ClH/c10-5-1-2-8(11)9-4-3-7(6-12)13-9;/h3-4,8,12H,1-2,5-6,10-11H2;1H/t8-;/m0./s1. The highest BCUT2D eigenvalue weighted by atomic mass is 35.5. The van der Waals surface area contributed by atoms with Crippen LogP contribution in [-0.2, 0) is 6.61 Å². The first-order valence-electron chi connectivity index (χ1n) is 4.43. The lowest BCUT2D eigenvalue weighted by Gasteiger charge is -2.06. The molecule has 1 rings (SSSR count). The normalized spacial score (nSPS) is 12.2. The van der Waals surface area contributed by atoms with Gasteiger partial charge in [0, 0.05) is 0 Å². The van der Waals surface area contributed by atoms with Crippen LogP contribution in [-0.4, -0.2) is 11.7 Å². The van der Waals surface area contributed by atoms with E-state index < -0.39 is 0 Å². The Balaban J connectivity index is 0.00000169.